The number of ether oxygens (including phenoxy) is 1. The molecule has 7 heteroatoms. The Morgan fingerprint density at radius 2 is 1.73 bits per heavy atom. The van der Waals surface area contributed by atoms with Gasteiger partial charge < -0.3 is 10.1 Å². The van der Waals surface area contributed by atoms with Crippen molar-refractivity contribution in [2.75, 3.05) is 5.32 Å². The van der Waals surface area contributed by atoms with Gasteiger partial charge in [0.1, 0.15) is 12.4 Å². The first-order valence-electron chi connectivity index (χ1n) is 10.6. The topological polar surface area (TPSA) is 56.1 Å². The number of aryl methyl sites for hydroxylation is 1. The van der Waals surface area contributed by atoms with Gasteiger partial charge in [-0.05, 0) is 59.5 Å². The second-order valence-electron chi connectivity index (χ2n) is 7.59. The average molecular weight is 480 g/mol. The molecule has 4 aromatic rings. The first kappa shape index (κ1) is 22.9. The smallest absolute Gasteiger partial charge is 0.256 e. The van der Waals surface area contributed by atoms with Gasteiger partial charge in [0.2, 0.25) is 0 Å². The quantitative estimate of drug-likeness (QED) is 0.308. The number of benzene rings is 3. The van der Waals surface area contributed by atoms with Gasteiger partial charge >= 0.3 is 0 Å². The van der Waals surface area contributed by atoms with E-state index in [0.717, 1.165) is 23.3 Å². The zero-order valence-corrected chi connectivity index (χ0v) is 19.6. The van der Waals surface area contributed by atoms with Crippen LogP contribution >= 0.6 is 23.2 Å². The van der Waals surface area contributed by atoms with Crippen molar-refractivity contribution in [1.29, 1.82) is 0 Å². The number of rotatable bonds is 8. The molecule has 1 N–H and O–H groups in total. The van der Waals surface area contributed by atoms with E-state index in [4.69, 9.17) is 27.9 Å². The number of carbonyl (C=O) groups excluding carboxylic acids is 1. The Hall–Kier alpha value is -3.28. The molecule has 0 spiro atoms. The Morgan fingerprint density at radius 3 is 2.48 bits per heavy atom. The monoisotopic (exact) mass is 479 g/mol. The first-order valence-corrected chi connectivity index (χ1v) is 11.3. The lowest BCUT2D eigenvalue weighted by Crippen LogP contribution is -2.13. The van der Waals surface area contributed by atoms with Crippen molar-refractivity contribution in [3.63, 3.8) is 0 Å². The summed E-state index contributed by atoms with van der Waals surface area (Å²) in [5.74, 6) is 1.04. The Balaban J connectivity index is 1.36. The molecule has 1 aromatic heterocycles. The zero-order valence-electron chi connectivity index (χ0n) is 18.1. The van der Waals surface area contributed by atoms with Crippen molar-refractivity contribution in [2.24, 2.45) is 0 Å². The molecule has 0 aliphatic heterocycles. The van der Waals surface area contributed by atoms with E-state index in [0.29, 0.717) is 34.6 Å². The maximum Gasteiger partial charge on any atom is 0.256 e. The first-order chi connectivity index (χ1) is 16.0. The minimum atomic E-state index is -0.232. The van der Waals surface area contributed by atoms with Crippen LogP contribution in [0.3, 0.4) is 0 Å². The molecule has 5 nitrogen and oxygen atoms in total. The highest BCUT2D eigenvalue weighted by Gasteiger charge is 2.10. The van der Waals surface area contributed by atoms with Crippen LogP contribution in [0.4, 0.5) is 5.82 Å². The summed E-state index contributed by atoms with van der Waals surface area (Å²) < 4.78 is 7.58. The second kappa shape index (κ2) is 10.6. The summed E-state index contributed by atoms with van der Waals surface area (Å²) in [5, 5.41) is 8.27. The molecule has 0 saturated heterocycles. The number of anilines is 1. The van der Waals surface area contributed by atoms with Gasteiger partial charge in [-0.2, -0.15) is 5.10 Å². The number of hydrogen-bond acceptors (Lipinski definition) is 3. The molecule has 0 saturated carbocycles. The van der Waals surface area contributed by atoms with Gasteiger partial charge in [-0.25, -0.2) is 0 Å². The van der Waals surface area contributed by atoms with Gasteiger partial charge in [-0.15, -0.1) is 0 Å². The third-order valence-corrected chi connectivity index (χ3v) is 5.88. The van der Waals surface area contributed by atoms with E-state index in [1.54, 1.807) is 35.1 Å². The van der Waals surface area contributed by atoms with Gasteiger partial charge in [0.25, 0.3) is 5.91 Å². The van der Waals surface area contributed by atoms with Gasteiger partial charge in [0, 0.05) is 17.8 Å². The molecule has 1 heterocycles. The summed E-state index contributed by atoms with van der Waals surface area (Å²) in [6.07, 6.45) is 2.79. The molecular formula is C26H23Cl2N3O2. The van der Waals surface area contributed by atoms with Gasteiger partial charge in [-0.3, -0.25) is 9.48 Å². The van der Waals surface area contributed by atoms with Crippen LogP contribution in [-0.2, 0) is 19.6 Å². The van der Waals surface area contributed by atoms with Crippen molar-refractivity contribution >= 4 is 34.9 Å². The van der Waals surface area contributed by atoms with E-state index in [-0.39, 0.29) is 5.91 Å². The molecule has 0 atom stereocenters. The summed E-state index contributed by atoms with van der Waals surface area (Å²) in [6.45, 7) is 3.01. The highest BCUT2D eigenvalue weighted by molar-refractivity contribution is 6.42. The number of carbonyl (C=O) groups is 1. The molecule has 0 aliphatic rings. The minimum Gasteiger partial charge on any atom is -0.489 e. The van der Waals surface area contributed by atoms with E-state index in [1.807, 2.05) is 36.4 Å². The molecule has 0 fully saturated rings. The second-order valence-corrected chi connectivity index (χ2v) is 8.40. The highest BCUT2D eigenvalue weighted by atomic mass is 35.5. The third-order valence-electron chi connectivity index (χ3n) is 5.14. The van der Waals surface area contributed by atoms with E-state index in [9.17, 15) is 4.79 Å². The summed E-state index contributed by atoms with van der Waals surface area (Å²) >= 11 is 12.0. The van der Waals surface area contributed by atoms with Crippen LogP contribution in [0.25, 0.3) is 0 Å². The van der Waals surface area contributed by atoms with Crippen molar-refractivity contribution in [3.05, 3.63) is 111 Å². The largest absolute Gasteiger partial charge is 0.489 e. The minimum absolute atomic E-state index is 0.232. The fourth-order valence-corrected chi connectivity index (χ4v) is 3.64. The molecule has 0 unspecified atom stereocenters. The standard InChI is InChI=1S/C26H23Cl2N3O2/c1-2-18-6-9-22(10-7-18)33-17-20-4-3-5-21(14-20)26(32)29-25-12-13-31(30-25)16-19-8-11-23(27)24(28)15-19/h3-15H,2,16-17H2,1H3,(H,29,30,32). The van der Waals surface area contributed by atoms with E-state index in [1.165, 1.54) is 5.56 Å². The lowest BCUT2D eigenvalue weighted by molar-refractivity contribution is 0.102. The Morgan fingerprint density at radius 1 is 0.939 bits per heavy atom. The number of nitrogens with zero attached hydrogens (tertiary/aromatic N) is 2. The normalized spacial score (nSPS) is 10.8. The third kappa shape index (κ3) is 6.15. The Labute approximate surface area is 202 Å². The summed E-state index contributed by atoms with van der Waals surface area (Å²) in [4.78, 5) is 12.7. The maximum atomic E-state index is 12.7. The van der Waals surface area contributed by atoms with Crippen LogP contribution in [0.1, 0.15) is 34.0 Å². The number of aromatic nitrogens is 2. The Kier molecular flexibility index (Phi) is 7.33. The fraction of sp³-hybridized carbons (Fsp3) is 0.154. The van der Waals surface area contributed by atoms with Crippen LogP contribution < -0.4 is 10.1 Å². The molecule has 0 bridgehead atoms. The van der Waals surface area contributed by atoms with Crippen LogP contribution in [0.5, 0.6) is 5.75 Å². The van der Waals surface area contributed by atoms with Crippen LogP contribution in [0.2, 0.25) is 10.0 Å². The lowest BCUT2D eigenvalue weighted by atomic mass is 10.1. The molecule has 3 aromatic carbocycles. The SMILES string of the molecule is CCc1ccc(OCc2cccc(C(=O)Nc3ccn(Cc4ccc(Cl)c(Cl)c4)n3)c2)cc1. The predicted molar refractivity (Wildman–Crippen MR) is 132 cm³/mol. The molecular weight excluding hydrogens is 457 g/mol. The molecule has 0 radical (unpaired) electrons. The van der Waals surface area contributed by atoms with Crippen molar-refractivity contribution in [2.45, 2.75) is 26.5 Å². The predicted octanol–water partition coefficient (Wildman–Crippen LogP) is 6.63. The maximum absolute atomic E-state index is 12.7. The van der Waals surface area contributed by atoms with Crippen molar-refractivity contribution in [3.8, 4) is 5.75 Å². The molecule has 4 rings (SSSR count). The Bertz CT molecular complexity index is 1250. The average Bonchev–Trinajstić information content (AvgIpc) is 3.27. The van der Waals surface area contributed by atoms with Crippen LogP contribution in [0.15, 0.2) is 79.0 Å². The summed E-state index contributed by atoms with van der Waals surface area (Å²) in [7, 11) is 0. The lowest BCUT2D eigenvalue weighted by Gasteiger charge is -2.09. The van der Waals surface area contributed by atoms with Crippen molar-refractivity contribution in [1.82, 2.24) is 9.78 Å². The molecule has 0 aliphatic carbocycles. The van der Waals surface area contributed by atoms with Crippen LogP contribution in [-0.4, -0.2) is 15.7 Å². The van der Waals surface area contributed by atoms with E-state index >= 15 is 0 Å². The van der Waals surface area contributed by atoms with E-state index < -0.39 is 0 Å². The fourth-order valence-electron chi connectivity index (χ4n) is 3.32. The number of halogens is 2. The zero-order chi connectivity index (χ0) is 23.2. The number of amides is 1. The number of hydrogen-bond donors (Lipinski definition) is 1. The van der Waals surface area contributed by atoms with Gasteiger partial charge in [-0.1, -0.05) is 60.5 Å². The van der Waals surface area contributed by atoms with Gasteiger partial charge in [0.15, 0.2) is 5.82 Å². The van der Waals surface area contributed by atoms with Crippen LogP contribution in [0, 0.1) is 0 Å². The summed E-state index contributed by atoms with van der Waals surface area (Å²) in [6, 6.07) is 22.6. The van der Waals surface area contributed by atoms with E-state index in [2.05, 4.69) is 29.5 Å². The number of nitrogens with one attached hydrogen (secondary N) is 1. The molecule has 168 valence electrons. The summed E-state index contributed by atoms with van der Waals surface area (Å²) in [5.41, 5.74) is 3.67. The van der Waals surface area contributed by atoms with Gasteiger partial charge in [0.05, 0.1) is 16.6 Å². The molecule has 1 amide bonds. The molecule has 33 heavy (non-hydrogen) atoms. The van der Waals surface area contributed by atoms with Crippen molar-refractivity contribution < 1.29 is 9.53 Å². The highest BCUT2D eigenvalue weighted by Crippen LogP contribution is 2.23.